The van der Waals surface area contributed by atoms with E-state index in [2.05, 4.69) is 16.4 Å². The number of carbonyl (C=O) groups is 1. The highest BCUT2D eigenvalue weighted by Crippen LogP contribution is 2.42. The average molecular weight is 397 g/mol. The molecule has 1 atom stereocenters. The van der Waals surface area contributed by atoms with E-state index >= 15 is 0 Å². The van der Waals surface area contributed by atoms with Crippen molar-refractivity contribution in [2.75, 3.05) is 0 Å². The average Bonchev–Trinajstić information content (AvgIpc) is 2.63. The molecule has 1 amide bonds. The minimum atomic E-state index is -0.902. The number of allylic oxidation sites excluding steroid dienone is 1. The molecule has 0 bridgehead atoms. The Labute approximate surface area is 167 Å². The molecule has 0 spiro atoms. The molecule has 0 unspecified atom stereocenters. The Hall–Kier alpha value is -2.54. The van der Waals surface area contributed by atoms with Gasteiger partial charge in [-0.3, -0.25) is 9.78 Å². The van der Waals surface area contributed by atoms with E-state index in [-0.39, 0.29) is 0 Å². The van der Waals surface area contributed by atoms with Crippen LogP contribution in [0.25, 0.3) is 10.9 Å². The molecule has 27 heavy (non-hydrogen) atoms. The van der Waals surface area contributed by atoms with E-state index in [1.807, 2.05) is 37.3 Å². The molecule has 0 aliphatic carbocycles. The lowest BCUT2D eigenvalue weighted by Crippen LogP contribution is -2.44. The molecular weight excluding hydrogens is 380 g/mol. The predicted octanol–water partition coefficient (Wildman–Crippen LogP) is 4.46. The van der Waals surface area contributed by atoms with Crippen molar-refractivity contribution >= 4 is 40.2 Å². The number of carbonyl (C=O) groups excluding carboxylic acids is 1. The van der Waals surface area contributed by atoms with Crippen LogP contribution in [0, 0.1) is 40.9 Å². The summed E-state index contributed by atoms with van der Waals surface area (Å²) < 4.78 is 0. The monoisotopic (exact) mass is 396 g/mol. The maximum absolute atomic E-state index is 12.3. The number of aryl methyl sites for hydroxylation is 1. The van der Waals surface area contributed by atoms with Gasteiger partial charge in [0.1, 0.15) is 5.92 Å². The molecule has 0 saturated carbocycles. The lowest BCUT2D eigenvalue weighted by atomic mass is 9.72. The van der Waals surface area contributed by atoms with Crippen LogP contribution in [-0.2, 0) is 10.5 Å². The molecule has 2 aromatic rings. The molecule has 1 aliphatic rings. The number of aromatic nitrogens is 1. The van der Waals surface area contributed by atoms with Crippen molar-refractivity contribution in [1.29, 1.82) is 10.5 Å². The van der Waals surface area contributed by atoms with Crippen molar-refractivity contribution in [3.05, 3.63) is 51.1 Å². The normalized spacial score (nSPS) is 18.7. The zero-order chi connectivity index (χ0) is 19.8. The van der Waals surface area contributed by atoms with E-state index in [4.69, 9.17) is 11.6 Å². The minimum absolute atomic E-state index is 0.391. The van der Waals surface area contributed by atoms with E-state index in [1.54, 1.807) is 13.8 Å². The maximum atomic E-state index is 12.3. The second-order valence-electron chi connectivity index (χ2n) is 6.89. The van der Waals surface area contributed by atoms with Crippen LogP contribution >= 0.6 is 23.4 Å². The number of nitrogens with zero attached hydrogens (tertiary/aromatic N) is 3. The lowest BCUT2D eigenvalue weighted by molar-refractivity contribution is -0.125. The third kappa shape index (κ3) is 3.27. The third-order valence-electron chi connectivity index (χ3n) is 4.83. The Kier molecular flexibility index (Phi) is 5.15. The molecule has 2 heterocycles. The third-order valence-corrected chi connectivity index (χ3v) is 6.35. The molecule has 7 heteroatoms. The van der Waals surface area contributed by atoms with Gasteiger partial charge >= 0.3 is 0 Å². The van der Waals surface area contributed by atoms with Crippen LogP contribution in [0.15, 0.2) is 34.9 Å². The Balaban J connectivity index is 1.97. The number of amides is 1. The van der Waals surface area contributed by atoms with Crippen LogP contribution in [0.4, 0.5) is 0 Å². The number of fused-ring (bicyclic) bond motifs is 1. The number of thioether (sulfide) groups is 1. The van der Waals surface area contributed by atoms with Gasteiger partial charge in [0.15, 0.2) is 0 Å². The van der Waals surface area contributed by atoms with Crippen LogP contribution in [0.3, 0.4) is 0 Å². The Bertz CT molecular complexity index is 1060. The van der Waals surface area contributed by atoms with Crippen molar-refractivity contribution in [2.45, 2.75) is 26.5 Å². The Morgan fingerprint density at radius 2 is 2.04 bits per heavy atom. The Morgan fingerprint density at radius 3 is 2.70 bits per heavy atom. The number of pyridine rings is 1. The number of rotatable bonds is 3. The molecular formula is C20H17ClN4OS. The number of hydrogen-bond donors (Lipinski definition) is 1. The molecule has 1 aromatic heterocycles. The standard InChI is InChI=1S/C20H17ClN4OS/c1-11-12-6-4-5-7-15(12)24-16(17(11)21)10-27-19-14(9-23)20(2,3)13(8-22)18(26)25-19/h4-7,13H,10H2,1-3H3,(H,25,26)/t13-/m1/s1. The van der Waals surface area contributed by atoms with Gasteiger partial charge in [0.25, 0.3) is 0 Å². The second-order valence-corrected chi connectivity index (χ2v) is 8.26. The molecule has 1 N–H and O–H groups in total. The molecule has 1 aliphatic heterocycles. The molecule has 0 radical (unpaired) electrons. The first-order valence-corrected chi connectivity index (χ1v) is 9.69. The maximum Gasteiger partial charge on any atom is 0.243 e. The van der Waals surface area contributed by atoms with Crippen LogP contribution in [0.2, 0.25) is 5.02 Å². The quantitative estimate of drug-likeness (QED) is 0.827. The van der Waals surface area contributed by atoms with Gasteiger partial charge in [-0.1, -0.05) is 43.6 Å². The van der Waals surface area contributed by atoms with Crippen molar-refractivity contribution in [3.63, 3.8) is 0 Å². The number of hydrogen-bond acceptors (Lipinski definition) is 5. The summed E-state index contributed by atoms with van der Waals surface area (Å²) in [4.78, 5) is 16.9. The number of halogens is 1. The summed E-state index contributed by atoms with van der Waals surface area (Å²) >= 11 is 7.81. The Morgan fingerprint density at radius 1 is 1.33 bits per heavy atom. The topological polar surface area (TPSA) is 89.6 Å². The van der Waals surface area contributed by atoms with Gasteiger partial charge in [0.2, 0.25) is 5.91 Å². The first kappa shape index (κ1) is 19.2. The van der Waals surface area contributed by atoms with Gasteiger partial charge in [-0.05, 0) is 18.6 Å². The largest absolute Gasteiger partial charge is 0.319 e. The van der Waals surface area contributed by atoms with Gasteiger partial charge in [-0.25, -0.2) is 0 Å². The zero-order valence-corrected chi connectivity index (χ0v) is 16.7. The molecule has 136 valence electrons. The molecule has 3 rings (SSSR count). The summed E-state index contributed by atoms with van der Waals surface area (Å²) in [6.07, 6.45) is 0. The number of nitrogens with one attached hydrogen (secondary N) is 1. The summed E-state index contributed by atoms with van der Waals surface area (Å²) in [5.41, 5.74) is 2.03. The molecule has 0 saturated heterocycles. The van der Waals surface area contributed by atoms with Crippen LogP contribution < -0.4 is 5.32 Å². The van der Waals surface area contributed by atoms with E-state index in [1.165, 1.54) is 11.8 Å². The number of para-hydroxylation sites is 1. The summed E-state index contributed by atoms with van der Waals surface area (Å²) in [6, 6.07) is 11.9. The first-order valence-electron chi connectivity index (χ1n) is 8.33. The summed E-state index contributed by atoms with van der Waals surface area (Å²) in [5.74, 6) is -0.891. The fourth-order valence-electron chi connectivity index (χ4n) is 3.19. The SMILES string of the molecule is Cc1c(Cl)c(CSC2=C(C#N)C(C)(C)[C@H](C#N)C(=O)N2)nc2ccccc12. The predicted molar refractivity (Wildman–Crippen MR) is 106 cm³/mol. The number of benzene rings is 1. The van der Waals surface area contributed by atoms with Crippen molar-refractivity contribution in [3.8, 4) is 12.1 Å². The van der Waals surface area contributed by atoms with E-state index in [0.29, 0.717) is 27.1 Å². The van der Waals surface area contributed by atoms with Gasteiger partial charge in [-0.15, -0.1) is 11.8 Å². The van der Waals surface area contributed by atoms with Gasteiger partial charge in [0.05, 0.1) is 39.0 Å². The number of nitriles is 2. The van der Waals surface area contributed by atoms with Crippen molar-refractivity contribution in [2.24, 2.45) is 11.3 Å². The van der Waals surface area contributed by atoms with Crippen LogP contribution in [-0.4, -0.2) is 10.9 Å². The zero-order valence-electron chi connectivity index (χ0n) is 15.1. The van der Waals surface area contributed by atoms with Crippen molar-refractivity contribution in [1.82, 2.24) is 10.3 Å². The smallest absolute Gasteiger partial charge is 0.243 e. The van der Waals surface area contributed by atoms with Gasteiger partial charge in [0, 0.05) is 16.6 Å². The van der Waals surface area contributed by atoms with Crippen LogP contribution in [0.5, 0.6) is 0 Å². The minimum Gasteiger partial charge on any atom is -0.319 e. The van der Waals surface area contributed by atoms with Crippen LogP contribution in [0.1, 0.15) is 25.1 Å². The molecule has 0 fully saturated rings. The van der Waals surface area contributed by atoms with Gasteiger partial charge in [-0.2, -0.15) is 10.5 Å². The molecule has 5 nitrogen and oxygen atoms in total. The van der Waals surface area contributed by atoms with Gasteiger partial charge < -0.3 is 5.32 Å². The first-order chi connectivity index (χ1) is 12.8. The van der Waals surface area contributed by atoms with E-state index in [9.17, 15) is 15.3 Å². The highest BCUT2D eigenvalue weighted by molar-refractivity contribution is 8.02. The highest BCUT2D eigenvalue weighted by atomic mass is 35.5. The summed E-state index contributed by atoms with van der Waals surface area (Å²) in [6.45, 7) is 5.43. The highest BCUT2D eigenvalue weighted by Gasteiger charge is 2.44. The van der Waals surface area contributed by atoms with Crippen molar-refractivity contribution < 1.29 is 4.79 Å². The summed E-state index contributed by atoms with van der Waals surface area (Å²) in [5, 5.41) is 23.6. The second kappa shape index (κ2) is 7.23. The van der Waals surface area contributed by atoms with E-state index in [0.717, 1.165) is 16.5 Å². The lowest BCUT2D eigenvalue weighted by Gasteiger charge is -2.34. The molecule has 1 aromatic carbocycles. The van der Waals surface area contributed by atoms with E-state index < -0.39 is 17.2 Å². The fraction of sp³-hybridized carbons (Fsp3) is 0.300. The summed E-state index contributed by atoms with van der Waals surface area (Å²) in [7, 11) is 0. The fourth-order valence-corrected chi connectivity index (χ4v) is 4.59.